The van der Waals surface area contributed by atoms with Crippen LogP contribution in [0.3, 0.4) is 0 Å². The third kappa shape index (κ3) is 4.83. The number of carboxylic acid groups (broad SMARTS) is 1. The number of rotatable bonds is 9. The Morgan fingerprint density at radius 2 is 1.85 bits per heavy atom. The maximum absolute atomic E-state index is 11.9. The van der Waals surface area contributed by atoms with Crippen molar-refractivity contribution in [3.8, 4) is 17.9 Å². The van der Waals surface area contributed by atoms with Crippen LogP contribution in [-0.4, -0.2) is 17.7 Å². The van der Waals surface area contributed by atoms with Gasteiger partial charge in [-0.1, -0.05) is 75.8 Å². The Morgan fingerprint density at radius 3 is 2.45 bits per heavy atom. The molecule has 0 spiro atoms. The molecule has 1 aromatic rings. The standard InChI is InChI=1S/C28H34N2O3/c1-3-5-6-9-20-12-14-21(15-13-20)28(24-10-7-8-11-26(24)33-4-2)17-16-22(27(31)32)23(18-29)25(28)19-30/h7-8,10-11,16-17,20-22H,3-6,9,12-15H2,1-2H3,(H,31,32)/t20-,21-,22?,28?. The number of carbonyl (C=O) groups is 1. The fourth-order valence-electron chi connectivity index (χ4n) is 5.75. The predicted molar refractivity (Wildman–Crippen MR) is 127 cm³/mol. The molecule has 0 radical (unpaired) electrons. The third-order valence-electron chi connectivity index (χ3n) is 7.38. The minimum Gasteiger partial charge on any atom is -0.494 e. The van der Waals surface area contributed by atoms with Gasteiger partial charge in [-0.25, -0.2) is 0 Å². The molecule has 2 aliphatic rings. The lowest BCUT2D eigenvalue weighted by molar-refractivity contribution is -0.138. The van der Waals surface area contributed by atoms with E-state index in [1.165, 1.54) is 25.7 Å². The van der Waals surface area contributed by atoms with Gasteiger partial charge in [0.25, 0.3) is 0 Å². The lowest BCUT2D eigenvalue weighted by Crippen LogP contribution is -2.41. The molecule has 0 bridgehead atoms. The molecule has 2 aliphatic carbocycles. The summed E-state index contributed by atoms with van der Waals surface area (Å²) in [5, 5.41) is 30.0. The fourth-order valence-corrected chi connectivity index (χ4v) is 5.75. The van der Waals surface area contributed by atoms with E-state index in [1.54, 1.807) is 6.08 Å². The van der Waals surface area contributed by atoms with Crippen LogP contribution in [0.5, 0.6) is 5.75 Å². The van der Waals surface area contributed by atoms with Crippen molar-refractivity contribution >= 4 is 5.97 Å². The summed E-state index contributed by atoms with van der Waals surface area (Å²) in [5.74, 6) is -0.723. The van der Waals surface area contributed by atoms with Crippen LogP contribution in [0.2, 0.25) is 0 Å². The lowest BCUT2D eigenvalue weighted by Gasteiger charge is -2.45. The summed E-state index contributed by atoms with van der Waals surface area (Å²) >= 11 is 0. The normalized spacial score (nSPS) is 27.0. The Kier molecular flexibility index (Phi) is 8.34. The molecule has 2 atom stereocenters. The molecule has 5 heteroatoms. The molecular formula is C28H34N2O3. The van der Waals surface area contributed by atoms with E-state index in [2.05, 4.69) is 19.1 Å². The number of para-hydroxylation sites is 1. The highest BCUT2D eigenvalue weighted by molar-refractivity contribution is 5.80. The molecule has 1 aromatic carbocycles. The van der Waals surface area contributed by atoms with Crippen molar-refractivity contribution < 1.29 is 14.6 Å². The first-order valence-corrected chi connectivity index (χ1v) is 12.2. The zero-order valence-corrected chi connectivity index (χ0v) is 19.7. The van der Waals surface area contributed by atoms with Crippen LogP contribution in [0, 0.1) is 40.4 Å². The van der Waals surface area contributed by atoms with Gasteiger partial charge in [-0.3, -0.25) is 4.79 Å². The number of nitrogens with zero attached hydrogens (tertiary/aromatic N) is 2. The zero-order valence-electron chi connectivity index (χ0n) is 19.7. The molecule has 3 rings (SSSR count). The van der Waals surface area contributed by atoms with Crippen LogP contribution >= 0.6 is 0 Å². The van der Waals surface area contributed by atoms with E-state index in [0.717, 1.165) is 31.2 Å². The molecule has 1 fully saturated rings. The summed E-state index contributed by atoms with van der Waals surface area (Å²) in [7, 11) is 0. The van der Waals surface area contributed by atoms with Crippen LogP contribution in [0.25, 0.3) is 0 Å². The van der Waals surface area contributed by atoms with Gasteiger partial charge in [0.2, 0.25) is 0 Å². The van der Waals surface area contributed by atoms with Crippen LogP contribution < -0.4 is 4.74 Å². The largest absolute Gasteiger partial charge is 0.494 e. The van der Waals surface area contributed by atoms with E-state index in [4.69, 9.17) is 4.74 Å². The summed E-state index contributed by atoms with van der Waals surface area (Å²) < 4.78 is 5.96. The molecular weight excluding hydrogens is 412 g/mol. The molecule has 0 aromatic heterocycles. The highest BCUT2D eigenvalue weighted by atomic mass is 16.5. The molecule has 174 valence electrons. The molecule has 0 aliphatic heterocycles. The Bertz CT molecular complexity index is 989. The van der Waals surface area contributed by atoms with Gasteiger partial charge in [0.15, 0.2) is 0 Å². The van der Waals surface area contributed by atoms with Crippen LogP contribution in [0.15, 0.2) is 47.6 Å². The SMILES string of the molecule is CCCCC[C@H]1CC[C@H](C2(c3ccccc3OCC)C=CC(C(=O)O)C(C#N)=C2C#N)CC1. The van der Waals surface area contributed by atoms with E-state index < -0.39 is 17.3 Å². The summed E-state index contributed by atoms with van der Waals surface area (Å²) in [6, 6.07) is 12.1. The molecule has 0 saturated heterocycles. The van der Waals surface area contributed by atoms with Crippen LogP contribution in [-0.2, 0) is 10.2 Å². The first-order valence-electron chi connectivity index (χ1n) is 12.2. The van der Waals surface area contributed by atoms with Crippen molar-refractivity contribution in [2.45, 2.75) is 70.6 Å². The number of hydrogen-bond acceptors (Lipinski definition) is 4. The second kappa shape index (κ2) is 11.2. The minimum absolute atomic E-state index is 0.0453. The number of benzene rings is 1. The smallest absolute Gasteiger partial charge is 0.315 e. The number of nitriles is 2. The maximum atomic E-state index is 11.9. The van der Waals surface area contributed by atoms with Gasteiger partial charge in [0.1, 0.15) is 11.7 Å². The van der Waals surface area contributed by atoms with Gasteiger partial charge in [0, 0.05) is 5.56 Å². The zero-order chi connectivity index (χ0) is 23.8. The van der Waals surface area contributed by atoms with Gasteiger partial charge in [-0.15, -0.1) is 0 Å². The highest BCUT2D eigenvalue weighted by Gasteiger charge is 2.49. The number of aliphatic carboxylic acids is 1. The number of hydrogen-bond donors (Lipinski definition) is 1. The van der Waals surface area contributed by atoms with Crippen molar-refractivity contribution in [3.05, 3.63) is 53.1 Å². The average Bonchev–Trinajstić information content (AvgIpc) is 2.84. The monoisotopic (exact) mass is 446 g/mol. The Labute approximate surface area is 197 Å². The van der Waals surface area contributed by atoms with Crippen molar-refractivity contribution in [1.82, 2.24) is 0 Å². The van der Waals surface area contributed by atoms with E-state index in [1.807, 2.05) is 37.3 Å². The summed E-state index contributed by atoms with van der Waals surface area (Å²) in [6.45, 7) is 4.62. The summed E-state index contributed by atoms with van der Waals surface area (Å²) in [4.78, 5) is 11.9. The van der Waals surface area contributed by atoms with Gasteiger partial charge in [-0.05, 0) is 37.7 Å². The Balaban J connectivity index is 2.10. The van der Waals surface area contributed by atoms with Crippen molar-refractivity contribution in [1.29, 1.82) is 10.5 Å². The topological polar surface area (TPSA) is 94.1 Å². The number of unbranched alkanes of at least 4 members (excludes halogenated alkanes) is 2. The van der Waals surface area contributed by atoms with Gasteiger partial charge >= 0.3 is 5.97 Å². The van der Waals surface area contributed by atoms with Crippen molar-refractivity contribution in [2.24, 2.45) is 17.8 Å². The lowest BCUT2D eigenvalue weighted by atomic mass is 9.57. The molecule has 1 saturated carbocycles. The van der Waals surface area contributed by atoms with Gasteiger partial charge < -0.3 is 9.84 Å². The third-order valence-corrected chi connectivity index (χ3v) is 7.38. The molecule has 0 heterocycles. The summed E-state index contributed by atoms with van der Waals surface area (Å²) in [6.07, 6.45) is 12.5. The number of ether oxygens (including phenoxy) is 1. The van der Waals surface area contributed by atoms with Crippen molar-refractivity contribution in [3.63, 3.8) is 0 Å². The van der Waals surface area contributed by atoms with E-state index in [9.17, 15) is 20.4 Å². The van der Waals surface area contributed by atoms with Crippen LogP contribution in [0.1, 0.15) is 70.8 Å². The van der Waals surface area contributed by atoms with E-state index >= 15 is 0 Å². The van der Waals surface area contributed by atoms with Crippen LogP contribution in [0.4, 0.5) is 0 Å². The number of allylic oxidation sites excluding steroid dienone is 2. The van der Waals surface area contributed by atoms with E-state index in [0.29, 0.717) is 18.3 Å². The predicted octanol–water partition coefficient (Wildman–Crippen LogP) is 6.32. The van der Waals surface area contributed by atoms with Gasteiger partial charge in [-0.2, -0.15) is 10.5 Å². The molecule has 33 heavy (non-hydrogen) atoms. The highest BCUT2D eigenvalue weighted by Crippen LogP contribution is 2.54. The fraction of sp³-hybridized carbons (Fsp3) is 0.536. The summed E-state index contributed by atoms with van der Waals surface area (Å²) in [5.41, 5.74) is 0.308. The Morgan fingerprint density at radius 1 is 1.12 bits per heavy atom. The quantitative estimate of drug-likeness (QED) is 0.353. The number of carboxylic acids is 1. The molecule has 1 N–H and O–H groups in total. The molecule has 2 unspecified atom stereocenters. The Hall–Kier alpha value is -3.05. The minimum atomic E-state index is -1.11. The van der Waals surface area contributed by atoms with E-state index in [-0.39, 0.29) is 17.1 Å². The first kappa shape index (κ1) is 24.6. The van der Waals surface area contributed by atoms with Crippen molar-refractivity contribution in [2.75, 3.05) is 6.61 Å². The van der Waals surface area contributed by atoms with Gasteiger partial charge in [0.05, 0.1) is 35.3 Å². The first-order chi connectivity index (χ1) is 16.0. The average molecular weight is 447 g/mol. The molecule has 0 amide bonds. The molecule has 5 nitrogen and oxygen atoms in total. The second-order valence-corrected chi connectivity index (χ2v) is 9.20. The second-order valence-electron chi connectivity index (χ2n) is 9.20. The maximum Gasteiger partial charge on any atom is 0.315 e.